The average molecular weight is 313 g/mol. The van der Waals surface area contributed by atoms with Gasteiger partial charge in [-0.2, -0.15) is 0 Å². The monoisotopic (exact) mass is 312 g/mol. The summed E-state index contributed by atoms with van der Waals surface area (Å²) in [4.78, 5) is 13.6. The highest BCUT2D eigenvalue weighted by atomic mass is 79.9. The van der Waals surface area contributed by atoms with Crippen molar-refractivity contribution in [2.45, 2.75) is 0 Å². The third-order valence-electron chi connectivity index (χ3n) is 2.30. The second-order valence-corrected chi connectivity index (χ2v) is 4.72. The maximum atomic E-state index is 11.8. The molecule has 0 aliphatic carbocycles. The smallest absolute Gasteiger partial charge is 0.238 e. The van der Waals surface area contributed by atoms with Gasteiger partial charge >= 0.3 is 0 Å². The lowest BCUT2D eigenvalue weighted by Crippen LogP contribution is -2.35. The highest BCUT2D eigenvalue weighted by molar-refractivity contribution is 9.10. The number of halogens is 1. The van der Waals surface area contributed by atoms with Crippen LogP contribution in [0.2, 0.25) is 0 Å². The van der Waals surface area contributed by atoms with Crippen LogP contribution in [0.25, 0.3) is 0 Å². The standard InChI is InChI=1S/C13H17BrN2O2/c1-2-7-16(8-9-17)10-13(18)15-12-5-3-11(14)4-6-12/h2-6,17H,1,7-10H2,(H,15,18). The first-order valence-corrected chi connectivity index (χ1v) is 6.44. The second-order valence-electron chi connectivity index (χ2n) is 3.80. The van der Waals surface area contributed by atoms with E-state index in [0.717, 1.165) is 10.2 Å². The Morgan fingerprint density at radius 3 is 2.67 bits per heavy atom. The van der Waals surface area contributed by atoms with Crippen LogP contribution in [0.5, 0.6) is 0 Å². The first kappa shape index (κ1) is 14.9. The highest BCUT2D eigenvalue weighted by Gasteiger charge is 2.08. The number of aliphatic hydroxyl groups excluding tert-OH is 1. The number of hydrogen-bond acceptors (Lipinski definition) is 3. The van der Waals surface area contributed by atoms with E-state index in [4.69, 9.17) is 5.11 Å². The summed E-state index contributed by atoms with van der Waals surface area (Å²) in [7, 11) is 0. The van der Waals surface area contributed by atoms with E-state index in [0.29, 0.717) is 13.1 Å². The van der Waals surface area contributed by atoms with Crippen molar-refractivity contribution in [1.29, 1.82) is 0 Å². The molecule has 0 aliphatic heterocycles. The molecule has 0 unspecified atom stereocenters. The summed E-state index contributed by atoms with van der Waals surface area (Å²) in [5.74, 6) is -0.104. The molecule has 5 heteroatoms. The van der Waals surface area contributed by atoms with Gasteiger partial charge in [0.1, 0.15) is 0 Å². The number of aliphatic hydroxyl groups is 1. The topological polar surface area (TPSA) is 52.6 Å². The number of nitrogens with one attached hydrogen (secondary N) is 1. The Morgan fingerprint density at radius 2 is 2.11 bits per heavy atom. The summed E-state index contributed by atoms with van der Waals surface area (Å²) in [6.07, 6.45) is 1.71. The number of anilines is 1. The third-order valence-corrected chi connectivity index (χ3v) is 2.83. The van der Waals surface area contributed by atoms with Crippen molar-refractivity contribution in [1.82, 2.24) is 4.90 Å². The van der Waals surface area contributed by atoms with Crippen molar-refractivity contribution in [3.05, 3.63) is 41.4 Å². The number of hydrogen-bond donors (Lipinski definition) is 2. The molecule has 1 aromatic carbocycles. The quantitative estimate of drug-likeness (QED) is 0.756. The molecule has 0 radical (unpaired) electrons. The van der Waals surface area contributed by atoms with Crippen molar-refractivity contribution >= 4 is 27.5 Å². The molecule has 0 heterocycles. The zero-order valence-corrected chi connectivity index (χ0v) is 11.7. The average Bonchev–Trinajstić information content (AvgIpc) is 2.33. The van der Waals surface area contributed by atoms with Gasteiger partial charge in [-0.3, -0.25) is 9.69 Å². The van der Waals surface area contributed by atoms with Crippen LogP contribution in [-0.4, -0.2) is 42.2 Å². The number of amides is 1. The third kappa shape index (κ3) is 5.44. The molecule has 0 saturated heterocycles. The highest BCUT2D eigenvalue weighted by Crippen LogP contribution is 2.13. The van der Waals surface area contributed by atoms with Crippen molar-refractivity contribution in [3.8, 4) is 0 Å². The summed E-state index contributed by atoms with van der Waals surface area (Å²) in [5.41, 5.74) is 0.755. The van der Waals surface area contributed by atoms with Crippen LogP contribution in [0.1, 0.15) is 0 Å². The molecule has 0 aromatic heterocycles. The molecule has 1 aromatic rings. The number of nitrogens with zero attached hydrogens (tertiary/aromatic N) is 1. The molecular formula is C13H17BrN2O2. The molecule has 0 aliphatic rings. The zero-order valence-electron chi connectivity index (χ0n) is 10.1. The maximum Gasteiger partial charge on any atom is 0.238 e. The molecule has 98 valence electrons. The lowest BCUT2D eigenvalue weighted by atomic mass is 10.3. The minimum absolute atomic E-state index is 0.0272. The summed E-state index contributed by atoms with van der Waals surface area (Å²) in [6.45, 7) is 4.93. The van der Waals surface area contributed by atoms with E-state index in [1.165, 1.54) is 0 Å². The van der Waals surface area contributed by atoms with Gasteiger partial charge in [-0.25, -0.2) is 0 Å². The fourth-order valence-corrected chi connectivity index (χ4v) is 1.76. The van der Waals surface area contributed by atoms with Crippen LogP contribution < -0.4 is 5.32 Å². The zero-order chi connectivity index (χ0) is 13.4. The van der Waals surface area contributed by atoms with Gasteiger partial charge in [0.15, 0.2) is 0 Å². The summed E-state index contributed by atoms with van der Waals surface area (Å²) >= 11 is 3.33. The van der Waals surface area contributed by atoms with Gasteiger partial charge in [-0.1, -0.05) is 22.0 Å². The number of carbonyl (C=O) groups is 1. The summed E-state index contributed by atoms with van der Waals surface area (Å²) < 4.78 is 0.967. The van der Waals surface area contributed by atoms with Crippen LogP contribution in [0.3, 0.4) is 0 Å². The first-order chi connectivity index (χ1) is 8.65. The fraction of sp³-hybridized carbons (Fsp3) is 0.308. The molecule has 1 amide bonds. The molecule has 0 atom stereocenters. The lowest BCUT2D eigenvalue weighted by molar-refractivity contribution is -0.117. The molecular weight excluding hydrogens is 296 g/mol. The minimum atomic E-state index is -0.104. The van der Waals surface area contributed by atoms with E-state index in [2.05, 4.69) is 27.8 Å². The summed E-state index contributed by atoms with van der Waals surface area (Å²) in [6, 6.07) is 7.38. The van der Waals surface area contributed by atoms with Crippen LogP contribution in [0, 0.1) is 0 Å². The Bertz CT molecular complexity index is 392. The molecule has 18 heavy (non-hydrogen) atoms. The summed E-state index contributed by atoms with van der Waals surface area (Å²) in [5, 5.41) is 11.7. The Morgan fingerprint density at radius 1 is 1.44 bits per heavy atom. The van der Waals surface area contributed by atoms with Crippen molar-refractivity contribution in [3.63, 3.8) is 0 Å². The number of carbonyl (C=O) groups excluding carboxylic acids is 1. The molecule has 0 bridgehead atoms. The predicted octanol–water partition coefficient (Wildman–Crippen LogP) is 1.87. The molecule has 0 saturated carbocycles. The van der Waals surface area contributed by atoms with E-state index in [1.807, 2.05) is 29.2 Å². The van der Waals surface area contributed by atoms with E-state index in [-0.39, 0.29) is 19.1 Å². The van der Waals surface area contributed by atoms with Crippen LogP contribution in [0.4, 0.5) is 5.69 Å². The molecule has 0 fully saturated rings. The van der Waals surface area contributed by atoms with E-state index in [9.17, 15) is 4.79 Å². The predicted molar refractivity (Wildman–Crippen MR) is 76.5 cm³/mol. The largest absolute Gasteiger partial charge is 0.395 e. The van der Waals surface area contributed by atoms with Gasteiger partial charge in [0.25, 0.3) is 0 Å². The number of rotatable bonds is 7. The second kappa shape index (κ2) is 8.02. The Kier molecular flexibility index (Phi) is 6.64. The Labute approximate surface area is 115 Å². The lowest BCUT2D eigenvalue weighted by Gasteiger charge is -2.18. The Balaban J connectivity index is 2.48. The van der Waals surface area contributed by atoms with Crippen LogP contribution in [0.15, 0.2) is 41.4 Å². The normalized spacial score (nSPS) is 10.4. The molecule has 2 N–H and O–H groups in total. The van der Waals surface area contributed by atoms with Gasteiger partial charge in [-0.05, 0) is 24.3 Å². The van der Waals surface area contributed by atoms with Crippen molar-refractivity contribution < 1.29 is 9.90 Å². The first-order valence-electron chi connectivity index (χ1n) is 5.65. The molecule has 4 nitrogen and oxygen atoms in total. The molecule has 0 spiro atoms. The van der Waals surface area contributed by atoms with Gasteiger partial charge in [-0.15, -0.1) is 6.58 Å². The Hall–Kier alpha value is -1.17. The minimum Gasteiger partial charge on any atom is -0.395 e. The van der Waals surface area contributed by atoms with E-state index in [1.54, 1.807) is 6.08 Å². The van der Waals surface area contributed by atoms with Gasteiger partial charge in [0.2, 0.25) is 5.91 Å². The number of benzene rings is 1. The van der Waals surface area contributed by atoms with Crippen molar-refractivity contribution in [2.24, 2.45) is 0 Å². The fourth-order valence-electron chi connectivity index (χ4n) is 1.50. The van der Waals surface area contributed by atoms with Crippen molar-refractivity contribution in [2.75, 3.05) is 31.6 Å². The van der Waals surface area contributed by atoms with E-state index < -0.39 is 0 Å². The van der Waals surface area contributed by atoms with Gasteiger partial charge < -0.3 is 10.4 Å². The van der Waals surface area contributed by atoms with Crippen LogP contribution >= 0.6 is 15.9 Å². The SMILES string of the molecule is C=CCN(CCO)CC(=O)Nc1ccc(Br)cc1. The van der Waals surface area contributed by atoms with Gasteiger partial charge in [0, 0.05) is 23.2 Å². The van der Waals surface area contributed by atoms with Gasteiger partial charge in [0.05, 0.1) is 13.2 Å². The van der Waals surface area contributed by atoms with E-state index >= 15 is 0 Å². The maximum absolute atomic E-state index is 11.8. The van der Waals surface area contributed by atoms with Crippen LogP contribution in [-0.2, 0) is 4.79 Å². The molecule has 1 rings (SSSR count).